The number of aryl methyl sites for hydroxylation is 1. The quantitative estimate of drug-likeness (QED) is 0.580. The number of Topliss-reactive ketones (excluding diaryl/α,β-unsaturated/α-hetero) is 2. The monoisotopic (exact) mass is 408 g/mol. The third-order valence-electron chi connectivity index (χ3n) is 6.61. The summed E-state index contributed by atoms with van der Waals surface area (Å²) in [6.07, 6.45) is 3.07. The summed E-state index contributed by atoms with van der Waals surface area (Å²) in [5, 5.41) is 7.98. The van der Waals surface area contributed by atoms with E-state index in [9.17, 15) is 9.59 Å². The first-order chi connectivity index (χ1) is 15.1. The minimum absolute atomic E-state index is 0.0529. The summed E-state index contributed by atoms with van der Waals surface area (Å²) in [6.45, 7) is 1.76. The van der Waals surface area contributed by atoms with Crippen molar-refractivity contribution >= 4 is 17.1 Å². The molecule has 0 saturated heterocycles. The summed E-state index contributed by atoms with van der Waals surface area (Å²) in [5.41, 5.74) is 7.45. The van der Waals surface area contributed by atoms with Crippen molar-refractivity contribution in [2.75, 3.05) is 0 Å². The van der Waals surface area contributed by atoms with Gasteiger partial charge in [0.05, 0.1) is 0 Å². The zero-order valence-electron chi connectivity index (χ0n) is 17.1. The number of carbonyl (C=O) groups is 2. The minimum Gasteiger partial charge on any atom is -0.421 e. The maximum atomic E-state index is 13.5. The molecule has 1 heterocycles. The van der Waals surface area contributed by atoms with Gasteiger partial charge in [-0.15, -0.1) is 10.2 Å². The number of hydrogen-bond donors (Lipinski definition) is 0. The van der Waals surface area contributed by atoms with Gasteiger partial charge in [-0.05, 0) is 48.1 Å². The van der Waals surface area contributed by atoms with E-state index in [4.69, 9.17) is 4.42 Å². The Labute approximate surface area is 179 Å². The van der Waals surface area contributed by atoms with Crippen molar-refractivity contribution in [2.24, 2.45) is 0 Å². The Morgan fingerprint density at radius 3 is 2.42 bits per heavy atom. The molecule has 3 aromatic rings. The molecular weight excluding hydrogens is 388 g/mol. The van der Waals surface area contributed by atoms with Crippen LogP contribution in [0.15, 0.2) is 69.7 Å². The van der Waals surface area contributed by atoms with Gasteiger partial charge in [0.25, 0.3) is 0 Å². The van der Waals surface area contributed by atoms with Crippen LogP contribution in [-0.2, 0) is 4.79 Å². The van der Waals surface area contributed by atoms with Crippen LogP contribution >= 0.6 is 0 Å². The number of nitrogens with zero attached hydrogens (tertiary/aromatic N) is 2. The van der Waals surface area contributed by atoms with Crippen LogP contribution in [0.3, 0.4) is 0 Å². The minimum atomic E-state index is -0.315. The standard InChI is InChI=1S/C26H20N2O3/c1-14-27-28-26(31-14)16-11-9-15(10-12-16)23-22-17(5-4-8-21(22)29)13-20-18-6-2-3-7-19(18)25(30)24(20)23/h2-3,6-7,9-12,23H,4-5,8,13H2,1H3. The molecule has 0 aliphatic heterocycles. The number of allylic oxidation sites excluding steroid dienone is 4. The average Bonchev–Trinajstić information content (AvgIpc) is 3.35. The zero-order chi connectivity index (χ0) is 21.1. The molecule has 6 rings (SSSR count). The molecule has 1 aromatic heterocycles. The van der Waals surface area contributed by atoms with Gasteiger partial charge in [-0.2, -0.15) is 0 Å². The predicted molar refractivity (Wildman–Crippen MR) is 115 cm³/mol. The van der Waals surface area contributed by atoms with Crippen molar-refractivity contribution in [2.45, 2.75) is 38.5 Å². The van der Waals surface area contributed by atoms with E-state index in [1.165, 1.54) is 5.57 Å². The normalized spacial score (nSPS) is 20.1. The van der Waals surface area contributed by atoms with E-state index in [0.717, 1.165) is 51.8 Å². The molecule has 0 saturated carbocycles. The fourth-order valence-corrected chi connectivity index (χ4v) is 5.27. The molecule has 1 unspecified atom stereocenters. The van der Waals surface area contributed by atoms with Gasteiger partial charge in [-0.25, -0.2) is 0 Å². The van der Waals surface area contributed by atoms with Crippen LogP contribution in [0.25, 0.3) is 17.0 Å². The molecule has 1 atom stereocenters. The van der Waals surface area contributed by atoms with Crippen LogP contribution in [0.5, 0.6) is 0 Å². The number of benzene rings is 2. The molecule has 0 bridgehead atoms. The van der Waals surface area contributed by atoms with Gasteiger partial charge in [0, 0.05) is 41.5 Å². The molecule has 0 radical (unpaired) electrons. The zero-order valence-corrected chi connectivity index (χ0v) is 17.1. The summed E-state index contributed by atoms with van der Waals surface area (Å²) < 4.78 is 5.54. The Morgan fingerprint density at radius 2 is 1.68 bits per heavy atom. The van der Waals surface area contributed by atoms with Gasteiger partial charge < -0.3 is 4.42 Å². The highest BCUT2D eigenvalue weighted by Crippen LogP contribution is 2.52. The van der Waals surface area contributed by atoms with Crippen LogP contribution in [0.1, 0.15) is 59.0 Å². The third-order valence-corrected chi connectivity index (χ3v) is 6.61. The summed E-state index contributed by atoms with van der Waals surface area (Å²) in [7, 11) is 0. The van der Waals surface area contributed by atoms with Crippen LogP contribution < -0.4 is 0 Å². The molecular formula is C26H20N2O3. The topological polar surface area (TPSA) is 73.1 Å². The Kier molecular flexibility index (Phi) is 3.93. The molecule has 0 spiro atoms. The maximum absolute atomic E-state index is 13.5. The molecule has 5 heteroatoms. The second-order valence-corrected chi connectivity index (χ2v) is 8.42. The predicted octanol–water partition coefficient (Wildman–Crippen LogP) is 5.23. The van der Waals surface area contributed by atoms with Gasteiger partial charge in [0.15, 0.2) is 11.6 Å². The first-order valence-corrected chi connectivity index (χ1v) is 10.6. The summed E-state index contributed by atoms with van der Waals surface area (Å²) >= 11 is 0. The van der Waals surface area contributed by atoms with Crippen molar-refractivity contribution in [3.8, 4) is 11.5 Å². The second kappa shape index (κ2) is 6.71. The van der Waals surface area contributed by atoms with E-state index < -0.39 is 0 Å². The fraction of sp³-hybridized carbons (Fsp3) is 0.231. The van der Waals surface area contributed by atoms with E-state index in [-0.39, 0.29) is 17.5 Å². The third kappa shape index (κ3) is 2.69. The Hall–Kier alpha value is -3.60. The van der Waals surface area contributed by atoms with Crippen LogP contribution in [0.4, 0.5) is 0 Å². The summed E-state index contributed by atoms with van der Waals surface area (Å²) in [6, 6.07) is 15.6. The van der Waals surface area contributed by atoms with E-state index in [2.05, 4.69) is 10.2 Å². The summed E-state index contributed by atoms with van der Waals surface area (Å²) in [5.74, 6) is 0.892. The number of ketones is 2. The molecule has 0 amide bonds. The van der Waals surface area contributed by atoms with Crippen molar-refractivity contribution in [1.29, 1.82) is 0 Å². The van der Waals surface area contributed by atoms with E-state index in [0.29, 0.717) is 24.6 Å². The van der Waals surface area contributed by atoms with Crippen molar-refractivity contribution < 1.29 is 14.0 Å². The van der Waals surface area contributed by atoms with Gasteiger partial charge in [-0.3, -0.25) is 9.59 Å². The number of rotatable bonds is 2. The lowest BCUT2D eigenvalue weighted by Crippen LogP contribution is -2.25. The molecule has 2 aromatic carbocycles. The molecule has 152 valence electrons. The van der Waals surface area contributed by atoms with Gasteiger partial charge in [0.2, 0.25) is 11.8 Å². The molecule has 3 aliphatic rings. The van der Waals surface area contributed by atoms with Gasteiger partial charge in [0.1, 0.15) is 0 Å². The van der Waals surface area contributed by atoms with Crippen molar-refractivity contribution in [3.05, 3.63) is 87.8 Å². The molecule has 31 heavy (non-hydrogen) atoms. The summed E-state index contributed by atoms with van der Waals surface area (Å²) in [4.78, 5) is 26.5. The van der Waals surface area contributed by atoms with E-state index in [1.54, 1.807) is 6.92 Å². The Bertz CT molecular complexity index is 1320. The van der Waals surface area contributed by atoms with Gasteiger partial charge >= 0.3 is 0 Å². The largest absolute Gasteiger partial charge is 0.421 e. The highest BCUT2D eigenvalue weighted by molar-refractivity contribution is 6.23. The van der Waals surface area contributed by atoms with Crippen molar-refractivity contribution in [3.63, 3.8) is 0 Å². The van der Waals surface area contributed by atoms with Crippen LogP contribution in [0.2, 0.25) is 0 Å². The SMILES string of the molecule is Cc1nnc(-c2ccc(C3C4=C(CCCC4=O)CC4=C3C(=O)c3ccccc34)cc2)o1. The molecule has 0 N–H and O–H groups in total. The van der Waals surface area contributed by atoms with Gasteiger partial charge in [-0.1, -0.05) is 42.0 Å². The second-order valence-electron chi connectivity index (χ2n) is 8.42. The molecule has 5 nitrogen and oxygen atoms in total. The Morgan fingerprint density at radius 1 is 0.903 bits per heavy atom. The number of carbonyl (C=O) groups excluding carboxylic acids is 2. The number of fused-ring (bicyclic) bond motifs is 2. The highest BCUT2D eigenvalue weighted by Gasteiger charge is 2.43. The van der Waals surface area contributed by atoms with E-state index in [1.807, 2.05) is 48.5 Å². The fourth-order valence-electron chi connectivity index (χ4n) is 5.27. The number of aromatic nitrogens is 2. The first kappa shape index (κ1) is 18.2. The number of hydrogen-bond acceptors (Lipinski definition) is 5. The van der Waals surface area contributed by atoms with E-state index >= 15 is 0 Å². The lowest BCUT2D eigenvalue weighted by Gasteiger charge is -2.32. The first-order valence-electron chi connectivity index (χ1n) is 10.6. The Balaban J connectivity index is 1.50. The highest BCUT2D eigenvalue weighted by atomic mass is 16.4. The smallest absolute Gasteiger partial charge is 0.247 e. The lowest BCUT2D eigenvalue weighted by atomic mass is 9.69. The molecule has 3 aliphatic carbocycles. The molecule has 0 fully saturated rings. The van der Waals surface area contributed by atoms with Crippen LogP contribution in [-0.4, -0.2) is 21.8 Å². The lowest BCUT2D eigenvalue weighted by molar-refractivity contribution is -0.116. The average molecular weight is 408 g/mol. The maximum Gasteiger partial charge on any atom is 0.247 e. The van der Waals surface area contributed by atoms with Crippen molar-refractivity contribution in [1.82, 2.24) is 10.2 Å². The van der Waals surface area contributed by atoms with Crippen LogP contribution in [0, 0.1) is 6.92 Å².